The van der Waals surface area contributed by atoms with Gasteiger partial charge in [0.1, 0.15) is 5.82 Å². The summed E-state index contributed by atoms with van der Waals surface area (Å²) >= 11 is 0. The van der Waals surface area contributed by atoms with Gasteiger partial charge in [-0.25, -0.2) is 4.39 Å². The van der Waals surface area contributed by atoms with Gasteiger partial charge in [0, 0.05) is 19.0 Å². The van der Waals surface area contributed by atoms with Gasteiger partial charge in [-0.05, 0) is 37.5 Å². The summed E-state index contributed by atoms with van der Waals surface area (Å²) in [5.41, 5.74) is 0.917. The van der Waals surface area contributed by atoms with Gasteiger partial charge in [-0.1, -0.05) is 12.1 Å². The van der Waals surface area contributed by atoms with E-state index in [1.807, 2.05) is 6.92 Å². The van der Waals surface area contributed by atoms with Crippen molar-refractivity contribution in [2.75, 3.05) is 6.54 Å². The lowest BCUT2D eigenvalue weighted by molar-refractivity contribution is -0.121. The Morgan fingerprint density at radius 3 is 2.67 bits per heavy atom. The van der Waals surface area contributed by atoms with Crippen molar-refractivity contribution in [3.63, 3.8) is 0 Å². The maximum atomic E-state index is 12.8. The summed E-state index contributed by atoms with van der Waals surface area (Å²) in [7, 11) is 0. The van der Waals surface area contributed by atoms with Gasteiger partial charge in [0.15, 0.2) is 0 Å². The maximum absolute atomic E-state index is 12.8. The molecule has 0 saturated heterocycles. The third-order valence-electron chi connectivity index (χ3n) is 3.11. The highest BCUT2D eigenvalue weighted by Crippen LogP contribution is 2.18. The summed E-state index contributed by atoms with van der Waals surface area (Å²) in [5.74, 6) is -0.231. The number of hydrogen-bond acceptors (Lipinski definition) is 2. The van der Waals surface area contributed by atoms with Gasteiger partial charge in [0.05, 0.1) is 6.04 Å². The Morgan fingerprint density at radius 1 is 1.39 bits per heavy atom. The average molecular weight is 250 g/mol. The van der Waals surface area contributed by atoms with Crippen molar-refractivity contribution in [1.82, 2.24) is 10.6 Å². The lowest BCUT2D eigenvalue weighted by Gasteiger charge is -2.14. The number of halogens is 1. The van der Waals surface area contributed by atoms with Crippen molar-refractivity contribution in [3.8, 4) is 0 Å². The van der Waals surface area contributed by atoms with E-state index in [0.29, 0.717) is 12.5 Å². The van der Waals surface area contributed by atoms with E-state index in [4.69, 9.17) is 0 Å². The van der Waals surface area contributed by atoms with E-state index < -0.39 is 0 Å². The molecule has 1 aromatic carbocycles. The van der Waals surface area contributed by atoms with E-state index in [1.165, 1.54) is 25.0 Å². The van der Waals surface area contributed by atoms with E-state index in [2.05, 4.69) is 10.6 Å². The molecular weight excluding hydrogens is 231 g/mol. The van der Waals surface area contributed by atoms with E-state index in [0.717, 1.165) is 12.1 Å². The molecule has 0 aliphatic heterocycles. The summed E-state index contributed by atoms with van der Waals surface area (Å²) < 4.78 is 12.8. The third-order valence-corrected chi connectivity index (χ3v) is 3.11. The number of carbonyl (C=O) groups excluding carboxylic acids is 1. The summed E-state index contributed by atoms with van der Waals surface area (Å²) in [6, 6.07) is 6.76. The van der Waals surface area contributed by atoms with E-state index in [1.54, 1.807) is 12.1 Å². The van der Waals surface area contributed by atoms with Crippen molar-refractivity contribution in [3.05, 3.63) is 35.6 Å². The van der Waals surface area contributed by atoms with Crippen LogP contribution in [0.4, 0.5) is 4.39 Å². The highest BCUT2D eigenvalue weighted by atomic mass is 19.1. The topological polar surface area (TPSA) is 41.1 Å². The first-order chi connectivity index (χ1) is 8.65. The first kappa shape index (κ1) is 13.0. The number of hydrogen-bond donors (Lipinski definition) is 2. The van der Waals surface area contributed by atoms with Crippen LogP contribution in [0.1, 0.15) is 37.8 Å². The van der Waals surface area contributed by atoms with Crippen molar-refractivity contribution >= 4 is 5.91 Å². The molecule has 3 nitrogen and oxygen atoms in total. The Kier molecular flexibility index (Phi) is 4.31. The Morgan fingerprint density at radius 2 is 2.06 bits per heavy atom. The van der Waals surface area contributed by atoms with Crippen LogP contribution in [-0.2, 0) is 4.79 Å². The van der Waals surface area contributed by atoms with E-state index >= 15 is 0 Å². The number of amides is 1. The van der Waals surface area contributed by atoms with Crippen LogP contribution in [0.2, 0.25) is 0 Å². The molecule has 0 radical (unpaired) electrons. The Balaban J connectivity index is 1.73. The molecule has 0 aromatic heterocycles. The quantitative estimate of drug-likeness (QED) is 0.812. The highest BCUT2D eigenvalue weighted by molar-refractivity contribution is 5.76. The van der Waals surface area contributed by atoms with Gasteiger partial charge in [-0.3, -0.25) is 4.79 Å². The van der Waals surface area contributed by atoms with Gasteiger partial charge < -0.3 is 10.6 Å². The predicted molar refractivity (Wildman–Crippen MR) is 68.6 cm³/mol. The van der Waals surface area contributed by atoms with E-state index in [-0.39, 0.29) is 17.8 Å². The van der Waals surface area contributed by atoms with Gasteiger partial charge in [0.25, 0.3) is 0 Å². The summed E-state index contributed by atoms with van der Waals surface area (Å²) in [4.78, 5) is 11.7. The maximum Gasteiger partial charge on any atom is 0.221 e. The first-order valence-corrected chi connectivity index (χ1v) is 6.43. The van der Waals surface area contributed by atoms with Crippen LogP contribution in [0.3, 0.4) is 0 Å². The largest absolute Gasteiger partial charge is 0.350 e. The number of rotatable bonds is 6. The fourth-order valence-electron chi connectivity index (χ4n) is 1.83. The van der Waals surface area contributed by atoms with Crippen LogP contribution >= 0.6 is 0 Å². The zero-order valence-corrected chi connectivity index (χ0v) is 10.6. The third kappa shape index (κ3) is 4.11. The molecule has 2 N–H and O–H groups in total. The van der Waals surface area contributed by atoms with E-state index in [9.17, 15) is 9.18 Å². The second-order valence-corrected chi connectivity index (χ2v) is 4.82. The fourth-order valence-corrected chi connectivity index (χ4v) is 1.83. The minimum absolute atomic E-state index is 0.0278. The lowest BCUT2D eigenvalue weighted by Crippen LogP contribution is -2.30. The zero-order chi connectivity index (χ0) is 13.0. The minimum atomic E-state index is -0.258. The number of carbonyl (C=O) groups is 1. The Hall–Kier alpha value is -1.42. The summed E-state index contributed by atoms with van der Waals surface area (Å²) in [6.45, 7) is 2.63. The molecule has 4 heteroatoms. The SMILES string of the molecule is C[C@@H](NC(=O)CCNC1CC1)c1ccc(F)cc1. The molecule has 1 aliphatic rings. The van der Waals surface area contributed by atoms with Crippen LogP contribution in [0.25, 0.3) is 0 Å². The van der Waals surface area contributed by atoms with Crippen LogP contribution in [0.5, 0.6) is 0 Å². The van der Waals surface area contributed by atoms with Crippen molar-refractivity contribution < 1.29 is 9.18 Å². The summed E-state index contributed by atoms with van der Waals surface area (Å²) in [6.07, 6.45) is 2.95. The van der Waals surface area contributed by atoms with Crippen LogP contribution in [0, 0.1) is 5.82 Å². The fraction of sp³-hybridized carbons (Fsp3) is 0.500. The molecule has 18 heavy (non-hydrogen) atoms. The molecule has 1 aliphatic carbocycles. The molecular formula is C14H19FN2O. The molecule has 2 rings (SSSR count). The molecule has 0 spiro atoms. The van der Waals surface area contributed by atoms with Gasteiger partial charge in [-0.2, -0.15) is 0 Å². The molecule has 98 valence electrons. The Bertz CT molecular complexity index is 401. The van der Waals surface area contributed by atoms with Crippen LogP contribution in [0.15, 0.2) is 24.3 Å². The standard InChI is InChI=1S/C14H19FN2O/c1-10(11-2-4-12(15)5-3-11)17-14(18)8-9-16-13-6-7-13/h2-5,10,13,16H,6-9H2,1H3,(H,17,18)/t10-/m1/s1. The Labute approximate surface area is 107 Å². The van der Waals surface area contributed by atoms with Gasteiger partial charge >= 0.3 is 0 Å². The molecule has 1 fully saturated rings. The lowest BCUT2D eigenvalue weighted by atomic mass is 10.1. The predicted octanol–water partition coefficient (Wildman–Crippen LogP) is 2.14. The summed E-state index contributed by atoms with van der Waals surface area (Å²) in [5, 5.41) is 6.21. The molecule has 1 atom stereocenters. The molecule has 1 aromatic rings. The van der Waals surface area contributed by atoms with Crippen LogP contribution in [-0.4, -0.2) is 18.5 Å². The van der Waals surface area contributed by atoms with Crippen molar-refractivity contribution in [1.29, 1.82) is 0 Å². The molecule has 0 heterocycles. The number of benzene rings is 1. The van der Waals surface area contributed by atoms with Gasteiger partial charge in [0.2, 0.25) is 5.91 Å². The molecule has 0 unspecified atom stereocenters. The average Bonchev–Trinajstić information content (AvgIpc) is 3.13. The monoisotopic (exact) mass is 250 g/mol. The first-order valence-electron chi connectivity index (χ1n) is 6.43. The molecule has 0 bridgehead atoms. The molecule has 1 amide bonds. The number of nitrogens with one attached hydrogen (secondary N) is 2. The minimum Gasteiger partial charge on any atom is -0.350 e. The van der Waals surface area contributed by atoms with Crippen LogP contribution < -0.4 is 10.6 Å². The second kappa shape index (κ2) is 5.96. The smallest absolute Gasteiger partial charge is 0.221 e. The van der Waals surface area contributed by atoms with Gasteiger partial charge in [-0.15, -0.1) is 0 Å². The normalized spacial score (nSPS) is 16.3. The highest BCUT2D eigenvalue weighted by Gasteiger charge is 2.20. The second-order valence-electron chi connectivity index (χ2n) is 4.82. The molecule has 1 saturated carbocycles. The zero-order valence-electron chi connectivity index (χ0n) is 10.6. The van der Waals surface area contributed by atoms with Crippen molar-refractivity contribution in [2.45, 2.75) is 38.3 Å². The van der Waals surface area contributed by atoms with Crippen molar-refractivity contribution in [2.24, 2.45) is 0 Å².